The summed E-state index contributed by atoms with van der Waals surface area (Å²) in [5, 5.41) is 23.3. The molecule has 1 heterocycles. The Morgan fingerprint density at radius 1 is 1.29 bits per heavy atom. The summed E-state index contributed by atoms with van der Waals surface area (Å²) in [5.41, 5.74) is 3.26. The number of ether oxygens (including phenoxy) is 3. The average molecular weight is 488 g/mol. The largest absolute Gasteiger partial charge is 0.494 e. The van der Waals surface area contributed by atoms with Gasteiger partial charge in [0.05, 0.1) is 25.9 Å². The van der Waals surface area contributed by atoms with Crippen molar-refractivity contribution in [3.8, 4) is 11.5 Å². The number of carboxylic acid groups (broad SMARTS) is 1. The minimum absolute atomic E-state index is 0.112. The molecule has 8 heteroatoms. The minimum Gasteiger partial charge on any atom is -0.494 e. The lowest BCUT2D eigenvalue weighted by Crippen LogP contribution is -2.46. The molecular formula is C27H34FNO6. The van der Waals surface area contributed by atoms with Crippen LogP contribution in [0.3, 0.4) is 0 Å². The maximum Gasteiger partial charge on any atom is 0.311 e. The summed E-state index contributed by atoms with van der Waals surface area (Å²) in [6, 6.07) is 8.82. The summed E-state index contributed by atoms with van der Waals surface area (Å²) < 4.78 is 30.9. The van der Waals surface area contributed by atoms with Crippen molar-refractivity contribution in [2.45, 2.75) is 63.9 Å². The molecule has 1 aliphatic heterocycles. The monoisotopic (exact) mass is 487 g/mol. The van der Waals surface area contributed by atoms with Crippen LogP contribution in [0.5, 0.6) is 11.5 Å². The first-order chi connectivity index (χ1) is 16.5. The molecule has 0 aromatic heterocycles. The topological polar surface area (TPSA) is 97.3 Å². The van der Waals surface area contributed by atoms with Gasteiger partial charge >= 0.3 is 5.97 Å². The number of rotatable bonds is 11. The number of β-amino-alcohol motifs (C(OH)–C–C–N with tert-alkyl or cyclic N) is 1. The van der Waals surface area contributed by atoms with E-state index in [1.54, 1.807) is 6.07 Å². The zero-order chi connectivity index (χ0) is 25.5. The molecular weight excluding hydrogens is 453 g/mol. The van der Waals surface area contributed by atoms with E-state index in [0.717, 1.165) is 28.0 Å². The zero-order valence-electron chi connectivity index (χ0n) is 20.8. The van der Waals surface area contributed by atoms with E-state index in [2.05, 4.69) is 5.32 Å². The molecule has 2 aromatic rings. The SMILES string of the molecule is COc1ccc(CC(C)(C)NC[C@@H](O)CO[C@H](C)c2ccc(C)c3c2[C@H]2[C@@H](O3)[C@@H]2C(=O)O)cc1F. The van der Waals surface area contributed by atoms with E-state index in [0.29, 0.717) is 13.0 Å². The lowest BCUT2D eigenvalue weighted by atomic mass is 9.94. The highest BCUT2D eigenvalue weighted by molar-refractivity contribution is 5.79. The van der Waals surface area contributed by atoms with Gasteiger partial charge in [-0.05, 0) is 62.9 Å². The molecule has 4 rings (SSSR count). The maximum absolute atomic E-state index is 14.0. The first kappa shape index (κ1) is 25.4. The Hall–Kier alpha value is -2.68. The van der Waals surface area contributed by atoms with E-state index in [9.17, 15) is 19.4 Å². The van der Waals surface area contributed by atoms with Crippen LogP contribution < -0.4 is 14.8 Å². The molecule has 7 nitrogen and oxygen atoms in total. The number of carboxylic acids is 1. The van der Waals surface area contributed by atoms with Crippen molar-refractivity contribution >= 4 is 5.97 Å². The van der Waals surface area contributed by atoms with Gasteiger partial charge in [-0.2, -0.15) is 0 Å². The van der Waals surface area contributed by atoms with Crippen molar-refractivity contribution < 1.29 is 33.6 Å². The first-order valence-corrected chi connectivity index (χ1v) is 11.9. The van der Waals surface area contributed by atoms with Gasteiger partial charge in [-0.25, -0.2) is 4.39 Å². The van der Waals surface area contributed by atoms with Crippen LogP contribution in [0.15, 0.2) is 30.3 Å². The van der Waals surface area contributed by atoms with Crippen molar-refractivity contribution in [1.29, 1.82) is 0 Å². The smallest absolute Gasteiger partial charge is 0.311 e. The predicted octanol–water partition coefficient (Wildman–Crippen LogP) is 3.75. The molecule has 0 bridgehead atoms. The molecule has 1 saturated carbocycles. The van der Waals surface area contributed by atoms with Crippen molar-refractivity contribution in [3.05, 3.63) is 58.4 Å². The number of hydrogen-bond acceptors (Lipinski definition) is 6. The van der Waals surface area contributed by atoms with Gasteiger partial charge in [0, 0.05) is 23.6 Å². The van der Waals surface area contributed by atoms with Crippen LogP contribution in [-0.4, -0.2) is 54.2 Å². The number of benzene rings is 2. The second kappa shape index (κ2) is 9.76. The van der Waals surface area contributed by atoms with Crippen LogP contribution in [0.1, 0.15) is 55.0 Å². The lowest BCUT2D eigenvalue weighted by molar-refractivity contribution is -0.139. The van der Waals surface area contributed by atoms with Gasteiger partial charge in [-0.15, -0.1) is 0 Å². The fraction of sp³-hybridized carbons (Fsp3) is 0.519. The number of fused-ring (bicyclic) bond motifs is 3. The van der Waals surface area contributed by atoms with Crippen molar-refractivity contribution in [1.82, 2.24) is 5.32 Å². The predicted molar refractivity (Wildman–Crippen MR) is 129 cm³/mol. The second-order valence-corrected chi connectivity index (χ2v) is 10.2. The number of aliphatic hydroxyl groups is 1. The summed E-state index contributed by atoms with van der Waals surface area (Å²) in [6.45, 7) is 8.25. The maximum atomic E-state index is 14.0. The van der Waals surface area contributed by atoms with E-state index in [1.165, 1.54) is 13.2 Å². The van der Waals surface area contributed by atoms with Gasteiger partial charge in [-0.3, -0.25) is 4.79 Å². The van der Waals surface area contributed by atoms with E-state index in [-0.39, 0.29) is 36.0 Å². The first-order valence-electron chi connectivity index (χ1n) is 11.9. The number of nitrogens with one attached hydrogen (secondary N) is 1. The molecule has 35 heavy (non-hydrogen) atoms. The Bertz CT molecular complexity index is 1100. The highest BCUT2D eigenvalue weighted by Gasteiger charge is 2.64. The van der Waals surface area contributed by atoms with E-state index in [4.69, 9.17) is 14.2 Å². The molecule has 1 fully saturated rings. The molecule has 0 radical (unpaired) electrons. The van der Waals surface area contributed by atoms with E-state index in [1.807, 2.05) is 45.9 Å². The molecule has 0 spiro atoms. The molecule has 3 N–H and O–H groups in total. The Labute approximate surface area is 205 Å². The average Bonchev–Trinajstić information content (AvgIpc) is 3.38. The van der Waals surface area contributed by atoms with Crippen LogP contribution >= 0.6 is 0 Å². The molecule has 5 atom stereocenters. The molecule has 190 valence electrons. The summed E-state index contributed by atoms with van der Waals surface area (Å²) in [4.78, 5) is 11.5. The normalized spacial score (nSPS) is 22.1. The van der Waals surface area contributed by atoms with Crippen LogP contribution in [0.4, 0.5) is 4.39 Å². The van der Waals surface area contributed by atoms with Gasteiger partial charge in [0.2, 0.25) is 0 Å². The van der Waals surface area contributed by atoms with Crippen molar-refractivity contribution in [2.24, 2.45) is 5.92 Å². The summed E-state index contributed by atoms with van der Waals surface area (Å²) in [6.07, 6.45) is -0.808. The minimum atomic E-state index is -0.840. The Morgan fingerprint density at radius 2 is 2.03 bits per heavy atom. The third-order valence-corrected chi connectivity index (χ3v) is 6.91. The molecule has 2 aromatic carbocycles. The Morgan fingerprint density at radius 3 is 2.69 bits per heavy atom. The Kier molecular flexibility index (Phi) is 7.09. The van der Waals surface area contributed by atoms with Gasteiger partial charge < -0.3 is 29.7 Å². The second-order valence-electron chi connectivity index (χ2n) is 10.2. The summed E-state index contributed by atoms with van der Waals surface area (Å²) >= 11 is 0. The van der Waals surface area contributed by atoms with Gasteiger partial charge in [0.25, 0.3) is 0 Å². The fourth-order valence-corrected chi connectivity index (χ4v) is 4.97. The number of aliphatic carboxylic acids is 1. The summed E-state index contributed by atoms with van der Waals surface area (Å²) in [5.74, 6) is -0.909. The quantitative estimate of drug-likeness (QED) is 0.444. The van der Waals surface area contributed by atoms with Gasteiger partial charge in [0.1, 0.15) is 17.8 Å². The lowest BCUT2D eigenvalue weighted by Gasteiger charge is -2.28. The van der Waals surface area contributed by atoms with E-state index >= 15 is 0 Å². The molecule has 0 saturated heterocycles. The van der Waals surface area contributed by atoms with Crippen molar-refractivity contribution in [3.63, 3.8) is 0 Å². The number of aryl methyl sites for hydroxylation is 1. The molecule has 1 aliphatic carbocycles. The number of hydrogen-bond donors (Lipinski definition) is 3. The molecule has 0 unspecified atom stereocenters. The number of halogens is 1. The third kappa shape index (κ3) is 5.29. The van der Waals surface area contributed by atoms with Crippen LogP contribution in [0, 0.1) is 18.7 Å². The number of carbonyl (C=O) groups is 1. The number of aliphatic hydroxyl groups excluding tert-OH is 1. The third-order valence-electron chi connectivity index (χ3n) is 6.91. The number of methoxy groups -OCH3 is 1. The molecule has 0 amide bonds. The van der Waals surface area contributed by atoms with E-state index < -0.39 is 23.8 Å². The highest BCUT2D eigenvalue weighted by Crippen LogP contribution is 2.61. The standard InChI is InChI=1S/C27H34FNO6/c1-14-6-8-18(21-22-23(26(31)32)25(22)35-24(14)21)15(2)34-13-17(30)12-29-27(3,4)11-16-7-9-20(33-5)19(28)10-16/h6-10,15,17,22-23,25,29-30H,11-13H2,1-5H3,(H,31,32)/t15-,17-,22-,23-,25-/m1/s1. The van der Waals surface area contributed by atoms with Gasteiger partial charge in [0.15, 0.2) is 11.6 Å². The van der Waals surface area contributed by atoms with Gasteiger partial charge in [-0.1, -0.05) is 18.2 Å². The Balaban J connectivity index is 1.31. The highest BCUT2D eigenvalue weighted by atomic mass is 19.1. The fourth-order valence-electron chi connectivity index (χ4n) is 4.97. The van der Waals surface area contributed by atoms with Crippen LogP contribution in [0.2, 0.25) is 0 Å². The molecule has 2 aliphatic rings. The summed E-state index contributed by atoms with van der Waals surface area (Å²) in [7, 11) is 1.43. The zero-order valence-corrected chi connectivity index (χ0v) is 20.8. The van der Waals surface area contributed by atoms with Crippen LogP contribution in [0.25, 0.3) is 0 Å². The van der Waals surface area contributed by atoms with Crippen LogP contribution in [-0.2, 0) is 16.0 Å². The van der Waals surface area contributed by atoms with Crippen molar-refractivity contribution in [2.75, 3.05) is 20.3 Å².